The zero-order chi connectivity index (χ0) is 18.1. The molecule has 4 rings (SSSR count). The first-order valence-electron chi connectivity index (χ1n) is 9.23. The molecular formula is C18H25N5O2S. The number of aromatic nitrogens is 3. The number of thiophene rings is 1. The van der Waals surface area contributed by atoms with Crippen molar-refractivity contribution in [2.45, 2.75) is 44.9 Å². The normalized spacial score (nSPS) is 24.8. The fourth-order valence-electron chi connectivity index (χ4n) is 3.85. The Balaban J connectivity index is 1.52. The van der Waals surface area contributed by atoms with Crippen molar-refractivity contribution in [2.24, 2.45) is 0 Å². The lowest BCUT2D eigenvalue weighted by atomic mass is 10.1. The second-order valence-electron chi connectivity index (χ2n) is 7.15. The summed E-state index contributed by atoms with van der Waals surface area (Å²) >= 11 is 1.65. The van der Waals surface area contributed by atoms with E-state index in [-0.39, 0.29) is 18.1 Å². The summed E-state index contributed by atoms with van der Waals surface area (Å²) in [6.45, 7) is 7.07. The highest BCUT2D eigenvalue weighted by atomic mass is 32.1. The topological polar surface area (TPSA) is 72.3 Å². The molecule has 2 aromatic heterocycles. The lowest BCUT2D eigenvalue weighted by Gasteiger charge is -2.36. The molecule has 2 fully saturated rings. The van der Waals surface area contributed by atoms with Gasteiger partial charge >= 0.3 is 0 Å². The molecule has 2 aliphatic rings. The molecule has 0 unspecified atom stereocenters. The van der Waals surface area contributed by atoms with Gasteiger partial charge in [0.2, 0.25) is 0 Å². The second kappa shape index (κ2) is 7.46. The largest absolute Gasteiger partial charge is 0.367 e. The van der Waals surface area contributed by atoms with Gasteiger partial charge in [-0.25, -0.2) is 4.68 Å². The third-order valence-electron chi connectivity index (χ3n) is 5.25. The van der Waals surface area contributed by atoms with E-state index in [9.17, 15) is 4.79 Å². The first-order valence-corrected chi connectivity index (χ1v) is 10.2. The molecule has 1 N–H and O–H groups in total. The standard InChI is InChI=1S/C18H25N5O2S/c1-12-9-22(10-16(25-12)14-5-8-26-11-14)18(24)17-13(2)23(21-20-17)15-3-6-19-7-4-15/h5,8,11-12,15-16,19H,3-4,6-7,9-10H2,1-2H3/t12-,16-/m0/s1. The van der Waals surface area contributed by atoms with Gasteiger partial charge in [-0.15, -0.1) is 5.10 Å². The Bertz CT molecular complexity index is 754. The van der Waals surface area contributed by atoms with E-state index in [1.54, 1.807) is 11.3 Å². The van der Waals surface area contributed by atoms with Crippen molar-refractivity contribution in [1.29, 1.82) is 0 Å². The molecule has 0 bridgehead atoms. The van der Waals surface area contributed by atoms with Crippen LogP contribution in [0.1, 0.15) is 53.7 Å². The van der Waals surface area contributed by atoms with Gasteiger partial charge in [0.15, 0.2) is 5.69 Å². The van der Waals surface area contributed by atoms with Crippen LogP contribution < -0.4 is 5.32 Å². The van der Waals surface area contributed by atoms with Crippen molar-refractivity contribution in [1.82, 2.24) is 25.2 Å². The molecule has 140 valence electrons. The van der Waals surface area contributed by atoms with E-state index in [4.69, 9.17) is 4.74 Å². The molecule has 7 nitrogen and oxygen atoms in total. The van der Waals surface area contributed by atoms with Crippen molar-refractivity contribution in [2.75, 3.05) is 26.2 Å². The maximum absolute atomic E-state index is 13.1. The summed E-state index contributed by atoms with van der Waals surface area (Å²) in [4.78, 5) is 15.0. The highest BCUT2D eigenvalue weighted by Gasteiger charge is 2.33. The van der Waals surface area contributed by atoms with E-state index in [1.807, 2.05) is 28.8 Å². The number of ether oxygens (including phenoxy) is 1. The van der Waals surface area contributed by atoms with Crippen molar-refractivity contribution in [3.8, 4) is 0 Å². The summed E-state index contributed by atoms with van der Waals surface area (Å²) in [5, 5.41) is 16.0. The zero-order valence-corrected chi connectivity index (χ0v) is 16.0. The third-order valence-corrected chi connectivity index (χ3v) is 5.95. The van der Waals surface area contributed by atoms with Crippen molar-refractivity contribution < 1.29 is 9.53 Å². The number of amides is 1. The highest BCUT2D eigenvalue weighted by Crippen LogP contribution is 2.28. The van der Waals surface area contributed by atoms with Crippen LogP contribution in [0.15, 0.2) is 16.8 Å². The number of morpholine rings is 1. The van der Waals surface area contributed by atoms with Crippen LogP contribution in [-0.2, 0) is 4.74 Å². The van der Waals surface area contributed by atoms with Gasteiger partial charge in [0.05, 0.1) is 24.4 Å². The maximum atomic E-state index is 13.1. The second-order valence-corrected chi connectivity index (χ2v) is 7.93. The number of hydrogen-bond acceptors (Lipinski definition) is 6. The molecule has 0 spiro atoms. The van der Waals surface area contributed by atoms with Crippen LogP contribution in [0.5, 0.6) is 0 Å². The molecule has 4 heterocycles. The van der Waals surface area contributed by atoms with Crippen LogP contribution in [-0.4, -0.2) is 58.1 Å². The van der Waals surface area contributed by atoms with Crippen LogP contribution >= 0.6 is 11.3 Å². The summed E-state index contributed by atoms with van der Waals surface area (Å²) in [6.07, 6.45) is 1.96. The number of hydrogen-bond donors (Lipinski definition) is 1. The van der Waals surface area contributed by atoms with E-state index in [0.29, 0.717) is 24.8 Å². The maximum Gasteiger partial charge on any atom is 0.276 e. The summed E-state index contributed by atoms with van der Waals surface area (Å²) in [6, 6.07) is 2.39. The summed E-state index contributed by atoms with van der Waals surface area (Å²) in [5.74, 6) is -0.0435. The molecule has 1 amide bonds. The fourth-order valence-corrected chi connectivity index (χ4v) is 4.55. The monoisotopic (exact) mass is 375 g/mol. The first-order chi connectivity index (χ1) is 12.6. The number of piperidine rings is 1. The lowest BCUT2D eigenvalue weighted by Crippen LogP contribution is -2.46. The summed E-state index contributed by atoms with van der Waals surface area (Å²) < 4.78 is 7.98. The molecule has 0 aliphatic carbocycles. The smallest absolute Gasteiger partial charge is 0.276 e. The molecule has 2 atom stereocenters. The average Bonchev–Trinajstić information content (AvgIpc) is 3.31. The number of nitrogens with zero attached hydrogens (tertiary/aromatic N) is 4. The van der Waals surface area contributed by atoms with Gasteiger partial charge in [0, 0.05) is 6.54 Å². The molecule has 26 heavy (non-hydrogen) atoms. The Hall–Kier alpha value is -1.77. The molecule has 2 aliphatic heterocycles. The van der Waals surface area contributed by atoms with E-state index >= 15 is 0 Å². The van der Waals surface area contributed by atoms with Gasteiger partial charge in [-0.05, 0) is 62.2 Å². The number of rotatable bonds is 3. The van der Waals surface area contributed by atoms with E-state index in [2.05, 4.69) is 27.1 Å². The zero-order valence-electron chi connectivity index (χ0n) is 15.2. The van der Waals surface area contributed by atoms with E-state index < -0.39 is 0 Å². The lowest BCUT2D eigenvalue weighted by molar-refractivity contribution is -0.0691. The Labute approximate surface area is 157 Å². The Morgan fingerprint density at radius 1 is 1.35 bits per heavy atom. The average molecular weight is 375 g/mol. The van der Waals surface area contributed by atoms with Crippen molar-refractivity contribution in [3.63, 3.8) is 0 Å². The van der Waals surface area contributed by atoms with Crippen LogP contribution in [0, 0.1) is 6.92 Å². The Morgan fingerprint density at radius 3 is 2.88 bits per heavy atom. The number of nitrogens with one attached hydrogen (secondary N) is 1. The van der Waals surface area contributed by atoms with Crippen LogP contribution in [0.2, 0.25) is 0 Å². The van der Waals surface area contributed by atoms with Gasteiger partial charge in [-0.3, -0.25) is 4.79 Å². The Kier molecular flexibility index (Phi) is 5.06. The molecule has 0 radical (unpaired) electrons. The molecular weight excluding hydrogens is 350 g/mol. The molecule has 0 aromatic carbocycles. The van der Waals surface area contributed by atoms with Gasteiger partial charge in [0.1, 0.15) is 6.10 Å². The molecule has 8 heteroatoms. The third kappa shape index (κ3) is 3.41. The number of carbonyl (C=O) groups excluding carboxylic acids is 1. The quantitative estimate of drug-likeness (QED) is 0.890. The van der Waals surface area contributed by atoms with Crippen molar-refractivity contribution >= 4 is 17.2 Å². The predicted molar refractivity (Wildman–Crippen MR) is 99.4 cm³/mol. The minimum Gasteiger partial charge on any atom is -0.367 e. The van der Waals surface area contributed by atoms with Crippen LogP contribution in [0.4, 0.5) is 0 Å². The van der Waals surface area contributed by atoms with Gasteiger partial charge < -0.3 is 15.0 Å². The first kappa shape index (κ1) is 17.6. The fraction of sp³-hybridized carbons (Fsp3) is 0.611. The van der Waals surface area contributed by atoms with Gasteiger partial charge in [-0.1, -0.05) is 5.21 Å². The molecule has 0 saturated carbocycles. The van der Waals surface area contributed by atoms with Crippen molar-refractivity contribution in [3.05, 3.63) is 33.8 Å². The SMILES string of the molecule is Cc1c(C(=O)N2C[C@@H](c3ccsc3)O[C@@H](C)C2)nnn1C1CCNCC1. The summed E-state index contributed by atoms with van der Waals surface area (Å²) in [5.41, 5.74) is 2.48. The summed E-state index contributed by atoms with van der Waals surface area (Å²) in [7, 11) is 0. The van der Waals surface area contributed by atoms with Gasteiger partial charge in [0.25, 0.3) is 5.91 Å². The van der Waals surface area contributed by atoms with E-state index in [1.165, 1.54) is 0 Å². The molecule has 2 saturated heterocycles. The van der Waals surface area contributed by atoms with Crippen LogP contribution in [0.3, 0.4) is 0 Å². The minimum absolute atomic E-state index is 0.00244. The highest BCUT2D eigenvalue weighted by molar-refractivity contribution is 7.07. The Morgan fingerprint density at radius 2 is 2.15 bits per heavy atom. The van der Waals surface area contributed by atoms with Crippen LogP contribution in [0.25, 0.3) is 0 Å². The minimum atomic E-state index is -0.0753. The van der Waals surface area contributed by atoms with Gasteiger partial charge in [-0.2, -0.15) is 11.3 Å². The predicted octanol–water partition coefficient (Wildman–Crippen LogP) is 2.17. The number of carbonyl (C=O) groups is 1. The molecule has 2 aromatic rings. The van der Waals surface area contributed by atoms with E-state index in [0.717, 1.165) is 37.2 Å².